The van der Waals surface area contributed by atoms with Crippen LogP contribution in [-0.4, -0.2) is 28.0 Å². The molecule has 10 nitrogen and oxygen atoms in total. The Morgan fingerprint density at radius 3 is 2.25 bits per heavy atom. The van der Waals surface area contributed by atoms with Gasteiger partial charge in [-0.2, -0.15) is 0 Å². The number of non-ortho nitro benzene ring substituents is 2. The number of benzene rings is 2. The monoisotopic (exact) mass is 402 g/mol. The van der Waals surface area contributed by atoms with Crippen molar-refractivity contribution >= 4 is 46.4 Å². The van der Waals surface area contributed by atoms with Gasteiger partial charge in [-0.05, 0) is 42.1 Å². The van der Waals surface area contributed by atoms with Gasteiger partial charge < -0.3 is 10.1 Å². The third-order valence-corrected chi connectivity index (χ3v) is 3.62. The molecule has 0 aliphatic heterocycles. The average molecular weight is 402 g/mol. The molecular formula is C17H14N4O6S. The molecule has 2 aromatic carbocycles. The van der Waals surface area contributed by atoms with E-state index in [1.165, 1.54) is 61.7 Å². The van der Waals surface area contributed by atoms with Gasteiger partial charge in [-0.3, -0.25) is 30.3 Å². The van der Waals surface area contributed by atoms with Crippen LogP contribution in [0.5, 0.6) is 5.75 Å². The number of ether oxygens (including phenoxy) is 1. The van der Waals surface area contributed by atoms with Crippen molar-refractivity contribution in [2.75, 3.05) is 12.4 Å². The summed E-state index contributed by atoms with van der Waals surface area (Å²) in [6.45, 7) is 0. The van der Waals surface area contributed by atoms with E-state index in [1.807, 2.05) is 0 Å². The maximum absolute atomic E-state index is 11.9. The van der Waals surface area contributed by atoms with Crippen molar-refractivity contribution in [2.24, 2.45) is 0 Å². The molecule has 2 aromatic rings. The van der Waals surface area contributed by atoms with E-state index in [1.54, 1.807) is 0 Å². The number of nitro benzene ring substituents is 2. The Balaban J connectivity index is 1.98. The number of thiocarbonyl (C=S) groups is 1. The molecular weight excluding hydrogens is 388 g/mol. The highest BCUT2D eigenvalue weighted by molar-refractivity contribution is 7.80. The first-order valence-electron chi connectivity index (χ1n) is 7.67. The van der Waals surface area contributed by atoms with Gasteiger partial charge in [0, 0.05) is 24.3 Å². The molecule has 0 aromatic heterocycles. The molecule has 0 saturated heterocycles. The number of nitrogens with zero attached hydrogens (tertiary/aromatic N) is 2. The van der Waals surface area contributed by atoms with Gasteiger partial charge in [0.2, 0.25) is 5.91 Å². The molecule has 0 heterocycles. The second kappa shape index (κ2) is 9.19. The van der Waals surface area contributed by atoms with Crippen LogP contribution in [0.15, 0.2) is 48.5 Å². The molecule has 0 fully saturated rings. The van der Waals surface area contributed by atoms with E-state index in [0.717, 1.165) is 0 Å². The third-order valence-electron chi connectivity index (χ3n) is 3.41. The molecule has 0 atom stereocenters. The number of carbonyl (C=O) groups excluding carboxylic acids is 1. The van der Waals surface area contributed by atoms with Gasteiger partial charge in [-0.15, -0.1) is 0 Å². The minimum absolute atomic E-state index is 0.0366. The molecule has 2 rings (SSSR count). The van der Waals surface area contributed by atoms with Crippen LogP contribution in [0.3, 0.4) is 0 Å². The van der Waals surface area contributed by atoms with Gasteiger partial charge in [-0.1, -0.05) is 0 Å². The Morgan fingerprint density at radius 1 is 1.07 bits per heavy atom. The lowest BCUT2D eigenvalue weighted by atomic mass is 10.2. The second-order valence-corrected chi connectivity index (χ2v) is 5.68. The molecule has 0 spiro atoms. The Hall–Kier alpha value is -3.86. The summed E-state index contributed by atoms with van der Waals surface area (Å²) in [7, 11) is 1.35. The lowest BCUT2D eigenvalue weighted by Gasteiger charge is -2.11. The van der Waals surface area contributed by atoms with Crippen molar-refractivity contribution in [3.05, 3.63) is 74.3 Å². The van der Waals surface area contributed by atoms with E-state index >= 15 is 0 Å². The summed E-state index contributed by atoms with van der Waals surface area (Å²) in [4.78, 5) is 32.3. The highest BCUT2D eigenvalue weighted by Gasteiger charge is 2.12. The van der Waals surface area contributed by atoms with E-state index in [9.17, 15) is 25.0 Å². The number of methoxy groups -OCH3 is 1. The molecule has 0 radical (unpaired) electrons. The van der Waals surface area contributed by atoms with Crippen molar-refractivity contribution in [1.29, 1.82) is 0 Å². The van der Waals surface area contributed by atoms with Gasteiger partial charge >= 0.3 is 0 Å². The van der Waals surface area contributed by atoms with Crippen molar-refractivity contribution < 1.29 is 19.4 Å². The Bertz CT molecular complexity index is 959. The Morgan fingerprint density at radius 2 is 1.68 bits per heavy atom. The molecule has 1 amide bonds. The number of carbonyl (C=O) groups is 1. The van der Waals surface area contributed by atoms with E-state index in [2.05, 4.69) is 10.6 Å². The first-order valence-corrected chi connectivity index (χ1v) is 8.08. The van der Waals surface area contributed by atoms with Gasteiger partial charge in [0.15, 0.2) is 5.11 Å². The van der Waals surface area contributed by atoms with Gasteiger partial charge in [0.25, 0.3) is 11.4 Å². The van der Waals surface area contributed by atoms with Crippen LogP contribution < -0.4 is 15.4 Å². The summed E-state index contributed by atoms with van der Waals surface area (Å²) >= 11 is 5.04. The highest BCUT2D eigenvalue weighted by Crippen LogP contribution is 2.28. The first-order chi connectivity index (χ1) is 13.3. The minimum atomic E-state index is -0.560. The maximum atomic E-state index is 11.9. The number of nitrogens with one attached hydrogen (secondary N) is 2. The molecule has 0 aliphatic rings. The summed E-state index contributed by atoms with van der Waals surface area (Å²) in [5, 5.41) is 26.5. The highest BCUT2D eigenvalue weighted by atomic mass is 32.1. The fraction of sp³-hybridized carbons (Fsp3) is 0.0588. The van der Waals surface area contributed by atoms with Crippen molar-refractivity contribution in [2.45, 2.75) is 0 Å². The van der Waals surface area contributed by atoms with Crippen LogP contribution in [0, 0.1) is 20.2 Å². The number of hydrogen-bond acceptors (Lipinski definition) is 7. The van der Waals surface area contributed by atoms with Crippen molar-refractivity contribution in [1.82, 2.24) is 5.32 Å². The number of nitro groups is 2. The SMILES string of the molecule is COc1cc([N+](=O)[O-])ccc1NC(=S)NC(=O)/C=C/c1ccc([N+](=O)[O-])cc1. The van der Waals surface area contributed by atoms with E-state index in [4.69, 9.17) is 17.0 Å². The topological polar surface area (TPSA) is 137 Å². The van der Waals surface area contributed by atoms with Crippen LogP contribution in [0.25, 0.3) is 6.08 Å². The molecule has 0 aliphatic carbocycles. The predicted molar refractivity (Wildman–Crippen MR) is 106 cm³/mol. The normalized spacial score (nSPS) is 10.3. The summed E-state index contributed by atoms with van der Waals surface area (Å²) < 4.78 is 5.07. The Kier molecular flexibility index (Phi) is 6.71. The third kappa shape index (κ3) is 5.57. The number of hydrogen-bond donors (Lipinski definition) is 2. The first kappa shape index (κ1) is 20.5. The van der Waals surface area contributed by atoms with Gasteiger partial charge in [-0.25, -0.2) is 0 Å². The van der Waals surface area contributed by atoms with E-state index in [0.29, 0.717) is 11.3 Å². The number of amides is 1. The molecule has 0 saturated carbocycles. The standard InChI is InChI=1S/C17H14N4O6S/c1-27-15-10-13(21(25)26)7-8-14(15)18-17(28)19-16(22)9-4-11-2-5-12(6-3-11)20(23)24/h2-10H,1H3,(H2,18,19,22,28)/b9-4+. The zero-order valence-corrected chi connectivity index (χ0v) is 15.3. The van der Waals surface area contributed by atoms with Crippen molar-refractivity contribution in [3.63, 3.8) is 0 Å². The molecule has 28 heavy (non-hydrogen) atoms. The second-order valence-electron chi connectivity index (χ2n) is 5.27. The average Bonchev–Trinajstić information content (AvgIpc) is 2.66. The van der Waals surface area contributed by atoms with Crippen LogP contribution >= 0.6 is 12.2 Å². The predicted octanol–water partition coefficient (Wildman–Crippen LogP) is 3.04. The zero-order chi connectivity index (χ0) is 20.7. The van der Waals surface area contributed by atoms with Gasteiger partial charge in [0.1, 0.15) is 5.75 Å². The lowest BCUT2D eigenvalue weighted by Crippen LogP contribution is -2.32. The maximum Gasteiger partial charge on any atom is 0.273 e. The fourth-order valence-electron chi connectivity index (χ4n) is 2.08. The van der Waals surface area contributed by atoms with Crippen LogP contribution in [-0.2, 0) is 4.79 Å². The summed E-state index contributed by atoms with van der Waals surface area (Å²) in [5.74, 6) is -0.344. The van der Waals surface area contributed by atoms with Crippen molar-refractivity contribution in [3.8, 4) is 5.75 Å². The van der Waals surface area contributed by atoms with E-state index < -0.39 is 15.8 Å². The minimum Gasteiger partial charge on any atom is -0.494 e. The molecule has 2 N–H and O–H groups in total. The quantitative estimate of drug-likeness (QED) is 0.326. The lowest BCUT2D eigenvalue weighted by molar-refractivity contribution is -0.385. The van der Waals surface area contributed by atoms with E-state index in [-0.39, 0.29) is 22.2 Å². The number of rotatable bonds is 6. The van der Waals surface area contributed by atoms with Crippen LogP contribution in [0.2, 0.25) is 0 Å². The molecule has 0 bridgehead atoms. The Labute approximate surface area is 164 Å². The molecule has 0 unspecified atom stereocenters. The van der Waals surface area contributed by atoms with Crippen LogP contribution in [0.4, 0.5) is 17.1 Å². The fourth-order valence-corrected chi connectivity index (χ4v) is 2.29. The zero-order valence-electron chi connectivity index (χ0n) is 14.4. The van der Waals surface area contributed by atoms with Gasteiger partial charge in [0.05, 0.1) is 28.7 Å². The summed E-state index contributed by atoms with van der Waals surface area (Å²) in [5.41, 5.74) is 0.738. The largest absolute Gasteiger partial charge is 0.494 e. The summed E-state index contributed by atoms with van der Waals surface area (Å²) in [6.07, 6.45) is 2.68. The number of anilines is 1. The smallest absolute Gasteiger partial charge is 0.273 e. The van der Waals surface area contributed by atoms with Crippen LogP contribution in [0.1, 0.15) is 5.56 Å². The molecule has 11 heteroatoms. The molecule has 144 valence electrons. The summed E-state index contributed by atoms with van der Waals surface area (Å²) in [6, 6.07) is 9.54.